The van der Waals surface area contributed by atoms with Gasteiger partial charge in [-0.05, 0) is 19.3 Å². The molecule has 22 heavy (non-hydrogen) atoms. The van der Waals surface area contributed by atoms with Crippen LogP contribution < -0.4 is 5.32 Å². The second-order valence-electron chi connectivity index (χ2n) is 6.16. The van der Waals surface area contributed by atoms with Crippen LogP contribution in [0.5, 0.6) is 0 Å². The zero-order valence-corrected chi connectivity index (χ0v) is 13.5. The summed E-state index contributed by atoms with van der Waals surface area (Å²) in [5.74, 6) is 0.0525. The summed E-state index contributed by atoms with van der Waals surface area (Å²) in [5, 5.41) is 3.02. The highest BCUT2D eigenvalue weighted by atomic mass is 16.5. The Balaban J connectivity index is 1.66. The van der Waals surface area contributed by atoms with Crippen LogP contribution in [-0.4, -0.2) is 62.3 Å². The molecule has 6 heteroatoms. The first-order chi connectivity index (χ1) is 10.7. The van der Waals surface area contributed by atoms with Gasteiger partial charge in [-0.25, -0.2) is 0 Å². The molecule has 1 unspecified atom stereocenters. The Morgan fingerprint density at radius 3 is 2.77 bits per heavy atom. The molecular formula is C16H28N2O4. The Morgan fingerprint density at radius 1 is 1.27 bits per heavy atom. The molecule has 1 atom stereocenters. The SMILES string of the molecule is COCCC1CN(C(=O)CCC(=O)NC2CCCC2)CCO1. The van der Waals surface area contributed by atoms with Crippen LogP contribution in [0.4, 0.5) is 0 Å². The van der Waals surface area contributed by atoms with Gasteiger partial charge >= 0.3 is 0 Å². The lowest BCUT2D eigenvalue weighted by molar-refractivity contribution is -0.140. The van der Waals surface area contributed by atoms with Crippen molar-refractivity contribution in [2.75, 3.05) is 33.4 Å². The number of hydrogen-bond donors (Lipinski definition) is 1. The average molecular weight is 312 g/mol. The lowest BCUT2D eigenvalue weighted by Gasteiger charge is -2.33. The monoisotopic (exact) mass is 312 g/mol. The van der Waals surface area contributed by atoms with Gasteiger partial charge in [0.05, 0.1) is 12.7 Å². The number of hydrogen-bond acceptors (Lipinski definition) is 4. The third-order valence-corrected chi connectivity index (χ3v) is 4.42. The van der Waals surface area contributed by atoms with Gasteiger partial charge in [0.2, 0.25) is 11.8 Å². The van der Waals surface area contributed by atoms with E-state index in [0.717, 1.165) is 19.3 Å². The Kier molecular flexibility index (Phi) is 7.12. The van der Waals surface area contributed by atoms with Crippen molar-refractivity contribution in [3.8, 4) is 0 Å². The van der Waals surface area contributed by atoms with Gasteiger partial charge in [-0.1, -0.05) is 12.8 Å². The number of amides is 2. The minimum Gasteiger partial charge on any atom is -0.385 e. The summed E-state index contributed by atoms with van der Waals surface area (Å²) in [7, 11) is 1.66. The zero-order chi connectivity index (χ0) is 15.8. The van der Waals surface area contributed by atoms with E-state index < -0.39 is 0 Å². The largest absolute Gasteiger partial charge is 0.385 e. The molecular weight excluding hydrogens is 284 g/mol. The van der Waals surface area contributed by atoms with E-state index in [2.05, 4.69) is 5.32 Å². The van der Waals surface area contributed by atoms with Crippen molar-refractivity contribution < 1.29 is 19.1 Å². The van der Waals surface area contributed by atoms with Gasteiger partial charge in [0.15, 0.2) is 0 Å². The third-order valence-electron chi connectivity index (χ3n) is 4.42. The highest BCUT2D eigenvalue weighted by Crippen LogP contribution is 2.18. The van der Waals surface area contributed by atoms with Crippen molar-refractivity contribution in [3.05, 3.63) is 0 Å². The van der Waals surface area contributed by atoms with Crippen molar-refractivity contribution in [1.29, 1.82) is 0 Å². The number of morpholine rings is 1. The lowest BCUT2D eigenvalue weighted by atomic mass is 10.1. The summed E-state index contributed by atoms with van der Waals surface area (Å²) >= 11 is 0. The molecule has 6 nitrogen and oxygen atoms in total. The van der Waals surface area contributed by atoms with Crippen molar-refractivity contribution in [2.45, 2.75) is 57.1 Å². The standard InChI is InChI=1S/C16H28N2O4/c1-21-10-8-14-12-18(9-11-22-14)16(20)7-6-15(19)17-13-4-2-3-5-13/h13-14H,2-12H2,1H3,(H,17,19). The van der Waals surface area contributed by atoms with Gasteiger partial charge < -0.3 is 19.7 Å². The molecule has 1 heterocycles. The van der Waals surface area contributed by atoms with Crippen LogP contribution in [0.15, 0.2) is 0 Å². The van der Waals surface area contributed by atoms with Gasteiger partial charge in [-0.2, -0.15) is 0 Å². The van der Waals surface area contributed by atoms with E-state index in [9.17, 15) is 9.59 Å². The fourth-order valence-corrected chi connectivity index (χ4v) is 3.12. The Bertz CT molecular complexity index is 369. The first-order valence-electron chi connectivity index (χ1n) is 8.36. The number of carbonyl (C=O) groups excluding carboxylic acids is 2. The quantitative estimate of drug-likeness (QED) is 0.764. The van der Waals surface area contributed by atoms with E-state index >= 15 is 0 Å². The molecule has 1 saturated carbocycles. The summed E-state index contributed by atoms with van der Waals surface area (Å²) in [6.45, 7) is 2.42. The lowest BCUT2D eigenvalue weighted by Crippen LogP contribution is -2.46. The number of methoxy groups -OCH3 is 1. The Labute approximate surface area is 132 Å². The molecule has 0 aromatic heterocycles. The first-order valence-corrected chi connectivity index (χ1v) is 8.36. The highest BCUT2D eigenvalue weighted by molar-refractivity contribution is 5.84. The van der Waals surface area contributed by atoms with Crippen LogP contribution in [-0.2, 0) is 19.1 Å². The third kappa shape index (κ3) is 5.57. The average Bonchev–Trinajstić information content (AvgIpc) is 3.03. The molecule has 2 amide bonds. The predicted molar refractivity (Wildman–Crippen MR) is 82.4 cm³/mol. The van der Waals surface area contributed by atoms with Gasteiger partial charge in [0.25, 0.3) is 0 Å². The maximum absolute atomic E-state index is 12.2. The van der Waals surface area contributed by atoms with Crippen molar-refractivity contribution >= 4 is 11.8 Å². The van der Waals surface area contributed by atoms with Crippen molar-refractivity contribution in [2.24, 2.45) is 0 Å². The fraction of sp³-hybridized carbons (Fsp3) is 0.875. The molecule has 126 valence electrons. The predicted octanol–water partition coefficient (Wildman–Crippen LogP) is 1.09. The molecule has 1 aliphatic heterocycles. The smallest absolute Gasteiger partial charge is 0.223 e. The topological polar surface area (TPSA) is 67.9 Å². The fourth-order valence-electron chi connectivity index (χ4n) is 3.12. The normalized spacial score (nSPS) is 22.8. The van der Waals surface area contributed by atoms with Crippen molar-refractivity contribution in [3.63, 3.8) is 0 Å². The molecule has 0 aromatic carbocycles. The second kappa shape index (κ2) is 9.10. The summed E-state index contributed by atoms with van der Waals surface area (Å²) in [6, 6.07) is 0.324. The van der Waals surface area contributed by atoms with Gasteiger partial charge in [-0.15, -0.1) is 0 Å². The number of carbonyl (C=O) groups is 2. The van der Waals surface area contributed by atoms with E-state index in [4.69, 9.17) is 9.47 Å². The molecule has 0 bridgehead atoms. The molecule has 0 spiro atoms. The molecule has 0 aromatic rings. The number of ether oxygens (including phenoxy) is 2. The summed E-state index contributed by atoms with van der Waals surface area (Å²) < 4.78 is 10.7. The molecule has 1 N–H and O–H groups in total. The molecule has 2 rings (SSSR count). The van der Waals surface area contributed by atoms with E-state index in [-0.39, 0.29) is 30.8 Å². The van der Waals surface area contributed by atoms with Gasteiger partial charge in [0, 0.05) is 45.7 Å². The van der Waals surface area contributed by atoms with E-state index in [1.165, 1.54) is 12.8 Å². The summed E-state index contributed by atoms with van der Waals surface area (Å²) in [5.41, 5.74) is 0. The Morgan fingerprint density at radius 2 is 2.05 bits per heavy atom. The molecule has 1 saturated heterocycles. The van der Waals surface area contributed by atoms with Crippen LogP contribution >= 0.6 is 0 Å². The number of rotatable bonds is 7. The zero-order valence-electron chi connectivity index (χ0n) is 13.5. The van der Waals surface area contributed by atoms with Crippen LogP contribution in [0.2, 0.25) is 0 Å². The van der Waals surface area contributed by atoms with E-state index in [0.29, 0.717) is 32.3 Å². The summed E-state index contributed by atoms with van der Waals surface area (Å²) in [6.07, 6.45) is 5.95. The van der Waals surface area contributed by atoms with E-state index in [1.807, 2.05) is 4.90 Å². The van der Waals surface area contributed by atoms with Crippen LogP contribution in [0.25, 0.3) is 0 Å². The molecule has 1 aliphatic carbocycles. The highest BCUT2D eigenvalue weighted by Gasteiger charge is 2.24. The van der Waals surface area contributed by atoms with Crippen LogP contribution in [0.3, 0.4) is 0 Å². The number of nitrogens with one attached hydrogen (secondary N) is 1. The Hall–Kier alpha value is -1.14. The number of nitrogens with zero attached hydrogens (tertiary/aromatic N) is 1. The van der Waals surface area contributed by atoms with E-state index in [1.54, 1.807) is 7.11 Å². The minimum absolute atomic E-state index is 0.00411. The van der Waals surface area contributed by atoms with Crippen LogP contribution in [0.1, 0.15) is 44.9 Å². The van der Waals surface area contributed by atoms with Gasteiger partial charge in [-0.3, -0.25) is 9.59 Å². The summed E-state index contributed by atoms with van der Waals surface area (Å²) in [4.78, 5) is 25.9. The first kappa shape index (κ1) is 17.2. The second-order valence-corrected chi connectivity index (χ2v) is 6.16. The van der Waals surface area contributed by atoms with Gasteiger partial charge in [0.1, 0.15) is 0 Å². The molecule has 2 fully saturated rings. The maximum atomic E-state index is 12.2. The maximum Gasteiger partial charge on any atom is 0.223 e. The molecule has 0 radical (unpaired) electrons. The van der Waals surface area contributed by atoms with Crippen LogP contribution in [0, 0.1) is 0 Å². The minimum atomic E-state index is 0.00411. The van der Waals surface area contributed by atoms with Crippen molar-refractivity contribution in [1.82, 2.24) is 10.2 Å². The molecule has 2 aliphatic rings.